The zero-order valence-electron chi connectivity index (χ0n) is 11.6. The van der Waals surface area contributed by atoms with Crippen LogP contribution in [-0.4, -0.2) is 28.7 Å². The Bertz CT molecular complexity index is 439. The molecule has 1 aliphatic heterocycles. The Balaban J connectivity index is 0.000000286. The standard InChI is InChI=1S/C13H19N.C2H2O4/c1-11-6-5-7-12(10-11)13-8-3-2-4-9-14-13;3-1(4)2(5)6/h5-7,10,13-14H,2-4,8-9H2,1H3;(H,3,4)(H,5,6). The van der Waals surface area contributed by atoms with Gasteiger partial charge in [0.15, 0.2) is 0 Å². The van der Waals surface area contributed by atoms with Crippen LogP contribution in [0.15, 0.2) is 24.3 Å². The third kappa shape index (κ3) is 5.84. The van der Waals surface area contributed by atoms with Gasteiger partial charge in [0.1, 0.15) is 0 Å². The summed E-state index contributed by atoms with van der Waals surface area (Å²) < 4.78 is 0. The summed E-state index contributed by atoms with van der Waals surface area (Å²) >= 11 is 0. The Morgan fingerprint density at radius 1 is 1.15 bits per heavy atom. The number of hydrogen-bond donors (Lipinski definition) is 3. The summed E-state index contributed by atoms with van der Waals surface area (Å²) in [6, 6.07) is 9.48. The number of carbonyl (C=O) groups is 2. The minimum Gasteiger partial charge on any atom is -0.473 e. The molecule has 1 aromatic carbocycles. The highest BCUT2D eigenvalue weighted by molar-refractivity contribution is 6.27. The third-order valence-electron chi connectivity index (χ3n) is 3.19. The Kier molecular flexibility index (Phi) is 6.73. The molecule has 3 N–H and O–H groups in total. The van der Waals surface area contributed by atoms with Crippen LogP contribution in [0.1, 0.15) is 42.9 Å². The first-order valence-electron chi connectivity index (χ1n) is 6.77. The fraction of sp³-hybridized carbons (Fsp3) is 0.467. The fourth-order valence-corrected chi connectivity index (χ4v) is 2.20. The predicted molar refractivity (Wildman–Crippen MR) is 75.7 cm³/mol. The quantitative estimate of drug-likeness (QED) is 0.687. The Morgan fingerprint density at radius 3 is 2.45 bits per heavy atom. The molecule has 1 fully saturated rings. The molecule has 1 unspecified atom stereocenters. The largest absolute Gasteiger partial charge is 0.473 e. The molecule has 0 amide bonds. The maximum absolute atomic E-state index is 9.10. The number of hydrogen-bond acceptors (Lipinski definition) is 3. The van der Waals surface area contributed by atoms with Crippen molar-refractivity contribution in [2.24, 2.45) is 0 Å². The second-order valence-corrected chi connectivity index (χ2v) is 4.88. The molecule has 110 valence electrons. The van der Waals surface area contributed by atoms with Crippen molar-refractivity contribution in [2.45, 2.75) is 38.6 Å². The molecule has 0 bridgehead atoms. The van der Waals surface area contributed by atoms with Crippen LogP contribution in [0.4, 0.5) is 0 Å². The van der Waals surface area contributed by atoms with E-state index in [1.807, 2.05) is 0 Å². The zero-order chi connectivity index (χ0) is 15.0. The molecule has 5 heteroatoms. The molecule has 1 atom stereocenters. The van der Waals surface area contributed by atoms with Crippen LogP contribution in [0.5, 0.6) is 0 Å². The predicted octanol–water partition coefficient (Wildman–Crippen LogP) is 2.36. The van der Waals surface area contributed by atoms with E-state index in [4.69, 9.17) is 19.8 Å². The number of benzene rings is 1. The van der Waals surface area contributed by atoms with E-state index >= 15 is 0 Å². The lowest BCUT2D eigenvalue weighted by atomic mass is 10.0. The smallest absolute Gasteiger partial charge is 0.414 e. The van der Waals surface area contributed by atoms with Crippen LogP contribution in [0.2, 0.25) is 0 Å². The van der Waals surface area contributed by atoms with Crippen molar-refractivity contribution in [3.63, 3.8) is 0 Å². The maximum atomic E-state index is 9.10. The van der Waals surface area contributed by atoms with E-state index < -0.39 is 11.9 Å². The van der Waals surface area contributed by atoms with Gasteiger partial charge in [0.2, 0.25) is 0 Å². The van der Waals surface area contributed by atoms with Crippen molar-refractivity contribution < 1.29 is 19.8 Å². The van der Waals surface area contributed by atoms with Crippen molar-refractivity contribution >= 4 is 11.9 Å². The van der Waals surface area contributed by atoms with E-state index in [-0.39, 0.29) is 0 Å². The molecule has 0 aliphatic carbocycles. The highest BCUT2D eigenvalue weighted by atomic mass is 16.4. The van der Waals surface area contributed by atoms with Gasteiger partial charge in [0.05, 0.1) is 0 Å². The SMILES string of the molecule is Cc1cccc(C2CCCCCN2)c1.O=C(O)C(=O)O. The molecular weight excluding hydrogens is 258 g/mol. The van der Waals surface area contributed by atoms with Crippen molar-refractivity contribution in [3.8, 4) is 0 Å². The summed E-state index contributed by atoms with van der Waals surface area (Å²) in [6.45, 7) is 3.35. The van der Waals surface area contributed by atoms with E-state index in [0.29, 0.717) is 6.04 Å². The van der Waals surface area contributed by atoms with Crippen LogP contribution in [0.3, 0.4) is 0 Å². The highest BCUT2D eigenvalue weighted by Crippen LogP contribution is 2.22. The summed E-state index contributed by atoms with van der Waals surface area (Å²) in [5.41, 5.74) is 2.83. The van der Waals surface area contributed by atoms with Gasteiger partial charge in [-0.05, 0) is 31.9 Å². The van der Waals surface area contributed by atoms with Gasteiger partial charge in [-0.25, -0.2) is 9.59 Å². The Labute approximate surface area is 118 Å². The lowest BCUT2D eigenvalue weighted by Crippen LogP contribution is -2.20. The van der Waals surface area contributed by atoms with Gasteiger partial charge in [0.25, 0.3) is 0 Å². The normalized spacial score (nSPS) is 18.4. The van der Waals surface area contributed by atoms with Crippen LogP contribution in [0.25, 0.3) is 0 Å². The summed E-state index contributed by atoms with van der Waals surface area (Å²) in [6.07, 6.45) is 5.38. The number of nitrogens with one attached hydrogen (secondary N) is 1. The van der Waals surface area contributed by atoms with Crippen molar-refractivity contribution in [1.29, 1.82) is 0 Å². The molecule has 0 radical (unpaired) electrons. The molecule has 1 aromatic rings. The number of aryl methyl sites for hydroxylation is 1. The fourth-order valence-electron chi connectivity index (χ4n) is 2.20. The summed E-state index contributed by atoms with van der Waals surface area (Å²) in [4.78, 5) is 18.2. The first-order chi connectivity index (χ1) is 9.50. The topological polar surface area (TPSA) is 86.6 Å². The van der Waals surface area contributed by atoms with Gasteiger partial charge < -0.3 is 15.5 Å². The first kappa shape index (κ1) is 16.2. The molecule has 1 heterocycles. The Hall–Kier alpha value is -1.88. The van der Waals surface area contributed by atoms with Crippen LogP contribution >= 0.6 is 0 Å². The number of aliphatic carboxylic acids is 2. The second-order valence-electron chi connectivity index (χ2n) is 4.88. The molecule has 0 spiro atoms. The maximum Gasteiger partial charge on any atom is 0.414 e. The summed E-state index contributed by atoms with van der Waals surface area (Å²) in [7, 11) is 0. The van der Waals surface area contributed by atoms with E-state index in [9.17, 15) is 0 Å². The van der Waals surface area contributed by atoms with Gasteiger partial charge in [-0.15, -0.1) is 0 Å². The third-order valence-corrected chi connectivity index (χ3v) is 3.19. The van der Waals surface area contributed by atoms with Crippen LogP contribution < -0.4 is 5.32 Å². The summed E-state index contributed by atoms with van der Waals surface area (Å²) in [5, 5.41) is 18.4. The molecule has 20 heavy (non-hydrogen) atoms. The highest BCUT2D eigenvalue weighted by Gasteiger charge is 2.12. The second kappa shape index (κ2) is 8.32. The van der Waals surface area contributed by atoms with E-state index in [1.54, 1.807) is 0 Å². The lowest BCUT2D eigenvalue weighted by molar-refractivity contribution is -0.159. The molecule has 5 nitrogen and oxygen atoms in total. The molecule has 1 aliphatic rings. The number of rotatable bonds is 1. The van der Waals surface area contributed by atoms with Crippen LogP contribution in [0, 0.1) is 6.92 Å². The minimum absolute atomic E-state index is 0.595. The molecule has 1 saturated heterocycles. The monoisotopic (exact) mass is 279 g/mol. The van der Waals surface area contributed by atoms with Crippen LogP contribution in [-0.2, 0) is 9.59 Å². The number of carboxylic acids is 2. The van der Waals surface area contributed by atoms with E-state index in [1.165, 1.54) is 43.4 Å². The molecular formula is C15H21NO4. The first-order valence-corrected chi connectivity index (χ1v) is 6.77. The summed E-state index contributed by atoms with van der Waals surface area (Å²) in [5.74, 6) is -3.65. The van der Waals surface area contributed by atoms with Crippen molar-refractivity contribution in [3.05, 3.63) is 35.4 Å². The van der Waals surface area contributed by atoms with Crippen molar-refractivity contribution in [1.82, 2.24) is 5.32 Å². The van der Waals surface area contributed by atoms with E-state index in [2.05, 4.69) is 36.5 Å². The van der Waals surface area contributed by atoms with Gasteiger partial charge in [-0.1, -0.05) is 42.7 Å². The average molecular weight is 279 g/mol. The molecule has 2 rings (SSSR count). The number of carboxylic acid groups (broad SMARTS) is 2. The van der Waals surface area contributed by atoms with Gasteiger partial charge in [0, 0.05) is 6.04 Å². The zero-order valence-corrected chi connectivity index (χ0v) is 11.6. The lowest BCUT2D eigenvalue weighted by Gasteiger charge is -2.16. The minimum atomic E-state index is -1.82. The average Bonchev–Trinajstić information content (AvgIpc) is 2.68. The molecule has 0 saturated carbocycles. The van der Waals surface area contributed by atoms with Gasteiger partial charge in [-0.2, -0.15) is 0 Å². The van der Waals surface area contributed by atoms with Gasteiger partial charge >= 0.3 is 11.9 Å². The molecule has 0 aromatic heterocycles. The van der Waals surface area contributed by atoms with Crippen molar-refractivity contribution in [2.75, 3.05) is 6.54 Å². The van der Waals surface area contributed by atoms with Gasteiger partial charge in [-0.3, -0.25) is 0 Å². The van der Waals surface area contributed by atoms with E-state index in [0.717, 1.165) is 0 Å². The Morgan fingerprint density at radius 2 is 1.85 bits per heavy atom.